The van der Waals surface area contributed by atoms with Crippen molar-refractivity contribution < 1.29 is 18.3 Å². The van der Waals surface area contributed by atoms with Gasteiger partial charge in [-0.1, -0.05) is 12.2 Å². The molecule has 0 saturated heterocycles. The Labute approximate surface area is 98.8 Å². The van der Waals surface area contributed by atoms with Crippen LogP contribution in [0.5, 0.6) is 5.75 Å². The maximum Gasteiger partial charge on any atom is 0.200 e. The van der Waals surface area contributed by atoms with E-state index in [0.29, 0.717) is 19.6 Å². The number of hydrogen-bond donors (Lipinski definition) is 0. The fourth-order valence-electron chi connectivity index (χ4n) is 1.81. The molecule has 17 heavy (non-hydrogen) atoms. The van der Waals surface area contributed by atoms with Crippen molar-refractivity contribution in [3.8, 4) is 5.75 Å². The molecule has 92 valence electrons. The summed E-state index contributed by atoms with van der Waals surface area (Å²) in [5.41, 5.74) is 0.246. The monoisotopic (exact) mass is 240 g/mol. The fourth-order valence-corrected chi connectivity index (χ4v) is 1.81. The number of hydrogen-bond acceptors (Lipinski definition) is 2. The predicted molar refractivity (Wildman–Crippen MR) is 60.0 cm³/mol. The molecule has 0 bridgehead atoms. The molecule has 0 aromatic heterocycles. The SMILES string of the molecule is CCOc1ccc(C2CC=CCO2)c(F)c1F. The van der Waals surface area contributed by atoms with Gasteiger partial charge in [0.25, 0.3) is 0 Å². The van der Waals surface area contributed by atoms with Crippen molar-refractivity contribution in [3.63, 3.8) is 0 Å². The van der Waals surface area contributed by atoms with E-state index in [1.54, 1.807) is 6.92 Å². The van der Waals surface area contributed by atoms with Gasteiger partial charge in [-0.25, -0.2) is 4.39 Å². The molecule has 0 aliphatic carbocycles. The van der Waals surface area contributed by atoms with Crippen molar-refractivity contribution >= 4 is 0 Å². The average molecular weight is 240 g/mol. The van der Waals surface area contributed by atoms with Crippen molar-refractivity contribution in [2.75, 3.05) is 13.2 Å². The third-order valence-corrected chi connectivity index (χ3v) is 2.63. The van der Waals surface area contributed by atoms with E-state index in [4.69, 9.17) is 9.47 Å². The van der Waals surface area contributed by atoms with Crippen LogP contribution in [0.3, 0.4) is 0 Å². The highest BCUT2D eigenvalue weighted by atomic mass is 19.2. The van der Waals surface area contributed by atoms with Gasteiger partial charge in [-0.05, 0) is 25.5 Å². The van der Waals surface area contributed by atoms with E-state index in [1.807, 2.05) is 12.2 Å². The molecule has 0 N–H and O–H groups in total. The second-order valence-corrected chi connectivity index (χ2v) is 3.74. The summed E-state index contributed by atoms with van der Waals surface area (Å²) in [4.78, 5) is 0. The lowest BCUT2D eigenvalue weighted by molar-refractivity contribution is 0.0644. The second kappa shape index (κ2) is 5.27. The minimum Gasteiger partial charge on any atom is -0.491 e. The van der Waals surface area contributed by atoms with Gasteiger partial charge >= 0.3 is 0 Å². The van der Waals surface area contributed by atoms with Crippen LogP contribution in [-0.4, -0.2) is 13.2 Å². The van der Waals surface area contributed by atoms with Gasteiger partial charge < -0.3 is 9.47 Å². The molecule has 4 heteroatoms. The van der Waals surface area contributed by atoms with Crippen molar-refractivity contribution in [2.45, 2.75) is 19.4 Å². The third kappa shape index (κ3) is 2.47. The van der Waals surface area contributed by atoms with E-state index in [0.717, 1.165) is 0 Å². The van der Waals surface area contributed by atoms with Crippen molar-refractivity contribution in [3.05, 3.63) is 41.5 Å². The molecule has 1 heterocycles. The van der Waals surface area contributed by atoms with Crippen LogP contribution in [0.15, 0.2) is 24.3 Å². The van der Waals surface area contributed by atoms with Crippen LogP contribution in [0, 0.1) is 11.6 Å². The van der Waals surface area contributed by atoms with E-state index in [1.165, 1.54) is 12.1 Å². The van der Waals surface area contributed by atoms with Gasteiger partial charge in [0, 0.05) is 5.56 Å². The first kappa shape index (κ1) is 12.0. The van der Waals surface area contributed by atoms with Crippen LogP contribution >= 0.6 is 0 Å². The Morgan fingerprint density at radius 1 is 1.29 bits per heavy atom. The van der Waals surface area contributed by atoms with Crippen LogP contribution in [0.25, 0.3) is 0 Å². The van der Waals surface area contributed by atoms with Gasteiger partial charge in [0.1, 0.15) is 0 Å². The summed E-state index contributed by atoms with van der Waals surface area (Å²) in [6.45, 7) is 2.46. The number of ether oxygens (including phenoxy) is 2. The number of benzene rings is 1. The molecule has 2 nitrogen and oxygen atoms in total. The molecule has 1 aliphatic rings. The van der Waals surface area contributed by atoms with Gasteiger partial charge in [0.15, 0.2) is 11.6 Å². The average Bonchev–Trinajstić information content (AvgIpc) is 2.36. The fraction of sp³-hybridized carbons (Fsp3) is 0.385. The second-order valence-electron chi connectivity index (χ2n) is 3.74. The summed E-state index contributed by atoms with van der Waals surface area (Å²) in [6, 6.07) is 2.96. The summed E-state index contributed by atoms with van der Waals surface area (Å²) < 4.78 is 37.8. The van der Waals surface area contributed by atoms with Crippen LogP contribution in [0.4, 0.5) is 8.78 Å². The lowest BCUT2D eigenvalue weighted by atomic mass is 10.0. The first-order valence-corrected chi connectivity index (χ1v) is 5.61. The molecule has 0 radical (unpaired) electrons. The van der Waals surface area contributed by atoms with Gasteiger partial charge in [-0.2, -0.15) is 4.39 Å². The molecule has 1 aliphatic heterocycles. The molecule has 1 aromatic rings. The first-order valence-electron chi connectivity index (χ1n) is 5.61. The predicted octanol–water partition coefficient (Wildman–Crippen LogP) is 3.38. The molecule has 0 spiro atoms. The Kier molecular flexibility index (Phi) is 3.74. The molecule has 0 fully saturated rings. The molecule has 1 aromatic carbocycles. The summed E-state index contributed by atoms with van der Waals surface area (Å²) in [7, 11) is 0. The quantitative estimate of drug-likeness (QED) is 0.754. The Bertz CT molecular complexity index is 430. The first-order chi connectivity index (χ1) is 8.24. The van der Waals surface area contributed by atoms with Crippen molar-refractivity contribution in [1.82, 2.24) is 0 Å². The summed E-state index contributed by atoms with van der Waals surface area (Å²) in [6.07, 6.45) is 3.91. The highest BCUT2D eigenvalue weighted by molar-refractivity contribution is 5.32. The maximum absolute atomic E-state index is 13.8. The van der Waals surface area contributed by atoms with E-state index in [2.05, 4.69) is 0 Å². The standard InChI is InChI=1S/C13H14F2O2/c1-2-16-11-7-6-9(12(14)13(11)15)10-5-3-4-8-17-10/h3-4,6-7,10H,2,5,8H2,1H3. The van der Waals surface area contributed by atoms with Crippen LogP contribution in [0.1, 0.15) is 25.0 Å². The molecular formula is C13H14F2O2. The molecule has 2 rings (SSSR count). The van der Waals surface area contributed by atoms with Gasteiger partial charge in [0.2, 0.25) is 5.82 Å². The normalized spacial score (nSPS) is 19.4. The lowest BCUT2D eigenvalue weighted by Crippen LogP contribution is -2.11. The smallest absolute Gasteiger partial charge is 0.200 e. The van der Waals surface area contributed by atoms with Crippen LogP contribution in [0.2, 0.25) is 0 Å². The topological polar surface area (TPSA) is 18.5 Å². The maximum atomic E-state index is 13.8. The zero-order valence-corrected chi connectivity index (χ0v) is 9.58. The van der Waals surface area contributed by atoms with Gasteiger partial charge in [-0.15, -0.1) is 0 Å². The van der Waals surface area contributed by atoms with E-state index in [-0.39, 0.29) is 11.3 Å². The molecule has 0 amide bonds. The summed E-state index contributed by atoms with van der Waals surface area (Å²) >= 11 is 0. The minimum absolute atomic E-state index is 0.0555. The van der Waals surface area contributed by atoms with Crippen LogP contribution < -0.4 is 4.74 Å². The largest absolute Gasteiger partial charge is 0.491 e. The van der Waals surface area contributed by atoms with Crippen molar-refractivity contribution in [2.24, 2.45) is 0 Å². The molecule has 0 saturated carbocycles. The zero-order valence-electron chi connectivity index (χ0n) is 9.58. The number of halogens is 2. The lowest BCUT2D eigenvalue weighted by Gasteiger charge is -2.20. The van der Waals surface area contributed by atoms with Gasteiger partial charge in [-0.3, -0.25) is 0 Å². The Morgan fingerprint density at radius 2 is 2.12 bits per heavy atom. The highest BCUT2D eigenvalue weighted by Gasteiger charge is 2.22. The summed E-state index contributed by atoms with van der Waals surface area (Å²) in [5.74, 6) is -1.88. The van der Waals surface area contributed by atoms with Crippen molar-refractivity contribution in [1.29, 1.82) is 0 Å². The van der Waals surface area contributed by atoms with Crippen LogP contribution in [-0.2, 0) is 4.74 Å². The minimum atomic E-state index is -0.942. The van der Waals surface area contributed by atoms with Gasteiger partial charge in [0.05, 0.1) is 19.3 Å². The van der Waals surface area contributed by atoms with E-state index >= 15 is 0 Å². The highest BCUT2D eigenvalue weighted by Crippen LogP contribution is 2.31. The molecular weight excluding hydrogens is 226 g/mol. The third-order valence-electron chi connectivity index (χ3n) is 2.63. The molecule has 1 atom stereocenters. The zero-order chi connectivity index (χ0) is 12.3. The van der Waals surface area contributed by atoms with E-state index in [9.17, 15) is 8.78 Å². The Hall–Kier alpha value is -1.42. The Morgan fingerprint density at radius 3 is 2.76 bits per heavy atom. The number of rotatable bonds is 3. The van der Waals surface area contributed by atoms with E-state index < -0.39 is 17.7 Å². The Balaban J connectivity index is 2.29. The molecule has 1 unspecified atom stereocenters. The summed E-state index contributed by atoms with van der Waals surface area (Å²) in [5, 5.41) is 0.